The van der Waals surface area contributed by atoms with Crippen LogP contribution in [-0.4, -0.2) is 32.5 Å². The molecule has 0 unspecified atom stereocenters. The molecule has 2 aromatic carbocycles. The maximum atomic E-state index is 14.6. The molecule has 3 N–H and O–H groups in total. The molecule has 0 saturated carbocycles. The van der Waals surface area contributed by atoms with Gasteiger partial charge < -0.3 is 15.5 Å². The first-order valence-corrected chi connectivity index (χ1v) is 9.23. The smallest absolute Gasteiger partial charge is 0.298 e. The van der Waals surface area contributed by atoms with Crippen LogP contribution >= 0.6 is 0 Å². The van der Waals surface area contributed by atoms with E-state index >= 15 is 0 Å². The summed E-state index contributed by atoms with van der Waals surface area (Å²) in [5.74, 6) is -7.85. The lowest BCUT2D eigenvalue weighted by molar-refractivity contribution is -0.0584. The molecule has 1 heterocycles. The van der Waals surface area contributed by atoms with Gasteiger partial charge in [-0.25, -0.2) is 8.78 Å². The van der Waals surface area contributed by atoms with Crippen LogP contribution in [0.15, 0.2) is 53.3 Å². The number of alkyl halides is 2. The predicted molar refractivity (Wildman–Crippen MR) is 105 cm³/mol. The Labute approximate surface area is 178 Å². The average Bonchev–Trinajstić information content (AvgIpc) is 2.74. The molecule has 0 spiro atoms. The van der Waals surface area contributed by atoms with E-state index in [-0.39, 0.29) is 11.3 Å². The summed E-state index contributed by atoms with van der Waals surface area (Å²) in [6, 6.07) is 7.68. The summed E-state index contributed by atoms with van der Waals surface area (Å²) >= 11 is 0. The fourth-order valence-corrected chi connectivity index (χ4v) is 3.00. The number of halogens is 4. The van der Waals surface area contributed by atoms with Crippen molar-refractivity contribution in [1.82, 2.24) is 15.1 Å². The molecule has 1 aromatic heterocycles. The summed E-state index contributed by atoms with van der Waals surface area (Å²) in [7, 11) is 0. The van der Waals surface area contributed by atoms with E-state index in [1.54, 1.807) is 0 Å². The van der Waals surface area contributed by atoms with Gasteiger partial charge in [0.1, 0.15) is 23.9 Å². The van der Waals surface area contributed by atoms with Gasteiger partial charge in [0.15, 0.2) is 11.4 Å². The number of nitrogens with one attached hydrogen (secondary N) is 1. The zero-order valence-electron chi connectivity index (χ0n) is 16.5. The topological polar surface area (TPSA) is 104 Å². The van der Waals surface area contributed by atoms with Gasteiger partial charge in [-0.2, -0.15) is 18.6 Å². The molecule has 0 saturated heterocycles. The highest BCUT2D eigenvalue weighted by molar-refractivity contribution is 5.94. The van der Waals surface area contributed by atoms with Crippen molar-refractivity contribution in [1.29, 1.82) is 0 Å². The molecule has 0 aliphatic carbocycles. The number of para-hydroxylation sites is 1. The lowest BCUT2D eigenvalue weighted by atomic mass is 10.00. The molecule has 3 rings (SSSR count). The Bertz CT molecular complexity index is 1230. The van der Waals surface area contributed by atoms with Gasteiger partial charge in [0, 0.05) is 11.6 Å². The molecule has 0 aliphatic rings. The van der Waals surface area contributed by atoms with Gasteiger partial charge >= 0.3 is 0 Å². The van der Waals surface area contributed by atoms with Crippen LogP contribution in [-0.2, 0) is 5.92 Å². The highest BCUT2D eigenvalue weighted by Crippen LogP contribution is 2.32. The molecule has 0 aliphatic heterocycles. The van der Waals surface area contributed by atoms with Crippen LogP contribution in [0, 0.1) is 11.6 Å². The van der Waals surface area contributed by atoms with Crippen molar-refractivity contribution in [2.24, 2.45) is 0 Å². The van der Waals surface area contributed by atoms with E-state index < -0.39 is 58.7 Å². The summed E-state index contributed by atoms with van der Waals surface area (Å²) in [5.41, 5.74) is -3.22. The number of hydrogen-bond donors (Lipinski definition) is 3. The highest BCUT2D eigenvalue weighted by Gasteiger charge is 2.35. The van der Waals surface area contributed by atoms with E-state index in [1.165, 1.54) is 25.1 Å². The average molecular weight is 451 g/mol. The Kier molecular flexibility index (Phi) is 6.30. The summed E-state index contributed by atoms with van der Waals surface area (Å²) in [6.45, 7) is -0.315. The summed E-state index contributed by atoms with van der Waals surface area (Å²) < 4.78 is 56.8. The largest absolute Gasteiger partial charge is 0.505 e. The number of amides is 1. The lowest BCUT2D eigenvalue weighted by Gasteiger charge is -2.20. The van der Waals surface area contributed by atoms with E-state index in [2.05, 4.69) is 10.4 Å². The molecular weight excluding hydrogens is 434 g/mol. The molecule has 0 bridgehead atoms. The standard InChI is InChI=1S/C21H17F4N3O4/c1-11(12-5-4-6-13(18(12)23)21(24,25)10-29)26-20(32)19-16(30)9-17(31)28(27-19)15-8-3-2-7-14(15)22/h2-9,11,29-30H,10H2,1H3,(H,26,32)/t11-/m1/s1. The monoisotopic (exact) mass is 451 g/mol. The second-order valence-corrected chi connectivity index (χ2v) is 6.85. The second kappa shape index (κ2) is 8.79. The van der Waals surface area contributed by atoms with Crippen molar-refractivity contribution in [3.05, 3.63) is 87.3 Å². The Morgan fingerprint density at radius 2 is 1.88 bits per heavy atom. The van der Waals surface area contributed by atoms with Crippen molar-refractivity contribution >= 4 is 5.91 Å². The normalized spacial score (nSPS) is 12.4. The third kappa shape index (κ3) is 4.33. The van der Waals surface area contributed by atoms with Crippen LogP contribution in [0.1, 0.15) is 34.6 Å². The number of aromatic hydroxyl groups is 1. The summed E-state index contributed by atoms with van der Waals surface area (Å²) in [6.07, 6.45) is 0. The maximum Gasteiger partial charge on any atom is 0.298 e. The fraction of sp³-hybridized carbons (Fsp3) is 0.190. The Morgan fingerprint density at radius 1 is 1.19 bits per heavy atom. The zero-order chi connectivity index (χ0) is 23.6. The molecule has 168 valence electrons. The molecular formula is C21H17F4N3O4. The third-order valence-electron chi connectivity index (χ3n) is 4.64. The molecule has 11 heteroatoms. The van der Waals surface area contributed by atoms with Crippen molar-refractivity contribution in [3.8, 4) is 11.4 Å². The van der Waals surface area contributed by atoms with Crippen LogP contribution in [0.4, 0.5) is 17.6 Å². The van der Waals surface area contributed by atoms with Gasteiger partial charge in [-0.15, -0.1) is 0 Å². The number of rotatable bonds is 6. The van der Waals surface area contributed by atoms with Crippen molar-refractivity contribution in [2.75, 3.05) is 6.61 Å². The van der Waals surface area contributed by atoms with E-state index in [1.807, 2.05) is 0 Å². The number of nitrogens with zero attached hydrogens (tertiary/aromatic N) is 2. The predicted octanol–water partition coefficient (Wildman–Crippen LogP) is 2.79. The van der Waals surface area contributed by atoms with Crippen LogP contribution in [0.5, 0.6) is 5.75 Å². The summed E-state index contributed by atoms with van der Waals surface area (Å²) in [5, 5.41) is 24.8. The Morgan fingerprint density at radius 3 is 2.53 bits per heavy atom. The Balaban J connectivity index is 1.95. The van der Waals surface area contributed by atoms with E-state index in [9.17, 15) is 32.3 Å². The molecule has 1 atom stereocenters. The number of aliphatic hydroxyl groups is 1. The fourth-order valence-electron chi connectivity index (χ4n) is 3.00. The van der Waals surface area contributed by atoms with Gasteiger partial charge in [-0.3, -0.25) is 9.59 Å². The quantitative estimate of drug-likeness (QED) is 0.500. The van der Waals surface area contributed by atoms with Crippen molar-refractivity contribution < 1.29 is 32.6 Å². The van der Waals surface area contributed by atoms with E-state index in [0.29, 0.717) is 10.7 Å². The molecule has 32 heavy (non-hydrogen) atoms. The van der Waals surface area contributed by atoms with Crippen molar-refractivity contribution in [3.63, 3.8) is 0 Å². The minimum atomic E-state index is -3.83. The number of benzene rings is 2. The van der Waals surface area contributed by atoms with Gasteiger partial charge in [0.25, 0.3) is 17.4 Å². The first-order valence-electron chi connectivity index (χ1n) is 9.23. The maximum absolute atomic E-state index is 14.6. The highest BCUT2D eigenvalue weighted by atomic mass is 19.3. The first-order chi connectivity index (χ1) is 15.1. The van der Waals surface area contributed by atoms with Gasteiger partial charge in [-0.1, -0.05) is 24.3 Å². The van der Waals surface area contributed by atoms with Crippen LogP contribution in [0.2, 0.25) is 0 Å². The summed E-state index contributed by atoms with van der Waals surface area (Å²) in [4.78, 5) is 24.7. The van der Waals surface area contributed by atoms with Gasteiger partial charge in [0.2, 0.25) is 0 Å². The number of hydrogen-bond acceptors (Lipinski definition) is 5. The molecule has 1 amide bonds. The first kappa shape index (κ1) is 22.9. The zero-order valence-corrected chi connectivity index (χ0v) is 16.5. The molecule has 0 fully saturated rings. The molecule has 3 aromatic rings. The second-order valence-electron chi connectivity index (χ2n) is 6.85. The lowest BCUT2D eigenvalue weighted by Crippen LogP contribution is -2.32. The SMILES string of the molecule is C[C@@H](NC(=O)c1nn(-c2ccccc2F)c(=O)cc1O)c1cccc(C(F)(F)CO)c1F. The van der Waals surface area contributed by atoms with Crippen LogP contribution in [0.25, 0.3) is 5.69 Å². The van der Waals surface area contributed by atoms with E-state index in [4.69, 9.17) is 5.11 Å². The van der Waals surface area contributed by atoms with Gasteiger partial charge in [0.05, 0.1) is 11.6 Å². The number of carbonyl (C=O) groups is 1. The number of aromatic nitrogens is 2. The molecule has 0 radical (unpaired) electrons. The third-order valence-corrected chi connectivity index (χ3v) is 4.64. The molecule has 7 nitrogen and oxygen atoms in total. The number of aliphatic hydroxyl groups excluding tert-OH is 1. The minimum Gasteiger partial charge on any atom is -0.505 e. The Hall–Kier alpha value is -3.73. The number of carbonyl (C=O) groups excluding carboxylic acids is 1. The van der Waals surface area contributed by atoms with E-state index in [0.717, 1.165) is 24.3 Å². The van der Waals surface area contributed by atoms with Crippen LogP contribution < -0.4 is 10.9 Å². The van der Waals surface area contributed by atoms with Gasteiger partial charge in [-0.05, 0) is 25.1 Å². The minimum absolute atomic E-state index is 0.274. The van der Waals surface area contributed by atoms with Crippen molar-refractivity contribution in [2.45, 2.75) is 18.9 Å². The van der Waals surface area contributed by atoms with Crippen LogP contribution in [0.3, 0.4) is 0 Å².